The van der Waals surface area contributed by atoms with E-state index in [0.29, 0.717) is 12.1 Å². The van der Waals surface area contributed by atoms with Crippen LogP contribution in [0.4, 0.5) is 10.1 Å². The van der Waals surface area contributed by atoms with Gasteiger partial charge in [0.25, 0.3) is 5.91 Å². The molecule has 27 heavy (non-hydrogen) atoms. The number of aryl methyl sites for hydroxylation is 1. The highest BCUT2D eigenvalue weighted by Crippen LogP contribution is 2.32. The third-order valence-corrected chi connectivity index (χ3v) is 5.12. The van der Waals surface area contributed by atoms with Crippen molar-refractivity contribution in [3.05, 3.63) is 62.3 Å². The number of hydrogen-bond donors (Lipinski definition) is 4. The minimum atomic E-state index is -0.983. The van der Waals surface area contributed by atoms with E-state index in [4.69, 9.17) is 5.11 Å². The molecule has 0 aliphatic rings. The van der Waals surface area contributed by atoms with Gasteiger partial charge in [-0.25, -0.2) is 4.39 Å². The monoisotopic (exact) mass is 502 g/mol. The summed E-state index contributed by atoms with van der Waals surface area (Å²) in [6.07, 6.45) is 0.713. The van der Waals surface area contributed by atoms with Crippen molar-refractivity contribution in [2.24, 2.45) is 0 Å². The Hall–Kier alpha value is -1.48. The molecule has 0 heterocycles. The fourth-order valence-corrected chi connectivity index (χ4v) is 3.87. The van der Waals surface area contributed by atoms with Crippen molar-refractivity contribution in [1.82, 2.24) is 5.32 Å². The van der Waals surface area contributed by atoms with Gasteiger partial charge in [0, 0.05) is 27.6 Å². The molecule has 0 fully saturated rings. The number of carbonyl (C=O) groups is 1. The molecule has 146 valence electrons. The van der Waals surface area contributed by atoms with Crippen LogP contribution < -0.4 is 10.6 Å². The summed E-state index contributed by atoms with van der Waals surface area (Å²) >= 11 is 6.92. The lowest BCUT2D eigenvalue weighted by Crippen LogP contribution is -2.33. The molecular weight excluding hydrogens is 483 g/mol. The maximum atomic E-state index is 12.9. The molecule has 0 saturated heterocycles. The van der Waals surface area contributed by atoms with Gasteiger partial charge in [-0.3, -0.25) is 4.79 Å². The molecule has 0 bridgehead atoms. The number of benzene rings is 2. The van der Waals surface area contributed by atoms with E-state index in [1.807, 2.05) is 0 Å². The average Bonchev–Trinajstić information content (AvgIpc) is 2.65. The van der Waals surface area contributed by atoms with Crippen molar-refractivity contribution in [3.63, 3.8) is 0 Å². The van der Waals surface area contributed by atoms with Crippen LogP contribution in [0.25, 0.3) is 0 Å². The van der Waals surface area contributed by atoms with Crippen molar-refractivity contribution < 1.29 is 19.4 Å². The first-order chi connectivity index (χ1) is 12.9. The predicted molar refractivity (Wildman–Crippen MR) is 110 cm³/mol. The van der Waals surface area contributed by atoms with Gasteiger partial charge >= 0.3 is 0 Å². The normalized spacial score (nSPS) is 11.9. The van der Waals surface area contributed by atoms with Gasteiger partial charge in [0.1, 0.15) is 5.82 Å². The highest BCUT2D eigenvalue weighted by Gasteiger charge is 2.13. The minimum absolute atomic E-state index is 0.0199. The van der Waals surface area contributed by atoms with E-state index in [-0.39, 0.29) is 18.3 Å². The zero-order valence-electron chi connectivity index (χ0n) is 14.5. The number of nitrogens with one attached hydrogen (secondary N) is 2. The van der Waals surface area contributed by atoms with Crippen LogP contribution in [-0.2, 0) is 6.42 Å². The van der Waals surface area contributed by atoms with Gasteiger partial charge in [-0.2, -0.15) is 0 Å². The van der Waals surface area contributed by atoms with Crippen LogP contribution in [0.2, 0.25) is 0 Å². The van der Waals surface area contributed by atoms with E-state index in [1.165, 1.54) is 12.1 Å². The molecule has 4 N–H and O–H groups in total. The SMILES string of the molecule is O=C(NCC(O)CO)c1cc(Br)c(NCCCc2ccc(F)cc2)c(Br)c1. The minimum Gasteiger partial charge on any atom is -0.394 e. The van der Waals surface area contributed by atoms with Crippen molar-refractivity contribution in [3.8, 4) is 0 Å². The molecular formula is C19H21Br2FN2O3. The van der Waals surface area contributed by atoms with Gasteiger partial charge in [-0.1, -0.05) is 12.1 Å². The van der Waals surface area contributed by atoms with Crippen LogP contribution in [-0.4, -0.2) is 41.9 Å². The first-order valence-electron chi connectivity index (χ1n) is 8.45. The molecule has 0 saturated carbocycles. The number of carbonyl (C=O) groups excluding carboxylic acids is 1. The van der Waals surface area contributed by atoms with Crippen LogP contribution in [0.3, 0.4) is 0 Å². The summed E-state index contributed by atoms with van der Waals surface area (Å²) in [7, 11) is 0. The molecule has 2 rings (SSSR count). The molecule has 1 atom stereocenters. The number of halogens is 3. The highest BCUT2D eigenvalue weighted by molar-refractivity contribution is 9.11. The zero-order chi connectivity index (χ0) is 19.8. The Morgan fingerprint density at radius 1 is 1.15 bits per heavy atom. The molecule has 0 spiro atoms. The second kappa shape index (κ2) is 10.8. The third kappa shape index (κ3) is 6.88. The Morgan fingerprint density at radius 2 is 1.78 bits per heavy atom. The summed E-state index contributed by atoms with van der Waals surface area (Å²) in [5.74, 6) is -0.577. The topological polar surface area (TPSA) is 81.6 Å². The third-order valence-electron chi connectivity index (χ3n) is 3.87. The van der Waals surface area contributed by atoms with Gasteiger partial charge in [-0.05, 0) is 74.5 Å². The molecule has 0 aliphatic heterocycles. The Bertz CT molecular complexity index is 749. The van der Waals surface area contributed by atoms with Crippen molar-refractivity contribution in [2.45, 2.75) is 18.9 Å². The molecule has 0 aliphatic carbocycles. The maximum Gasteiger partial charge on any atom is 0.251 e. The Labute approximate surface area is 174 Å². The summed E-state index contributed by atoms with van der Waals surface area (Å²) in [6, 6.07) is 9.85. The number of aliphatic hydroxyl groups is 2. The van der Waals surface area contributed by atoms with Crippen molar-refractivity contribution >= 4 is 43.5 Å². The summed E-state index contributed by atoms with van der Waals surface area (Å²) in [6.45, 7) is 0.283. The van der Waals surface area contributed by atoms with Gasteiger partial charge in [0.2, 0.25) is 0 Å². The van der Waals surface area contributed by atoms with Gasteiger partial charge < -0.3 is 20.8 Å². The standard InChI is InChI=1S/C19H21Br2FN2O3/c20-16-8-13(19(27)24-10-15(26)11-25)9-17(21)18(16)23-7-1-2-12-3-5-14(22)6-4-12/h3-6,8-9,15,23,25-26H,1-2,7,10-11H2,(H,24,27). The molecule has 1 amide bonds. The first-order valence-corrected chi connectivity index (χ1v) is 10.0. The van der Waals surface area contributed by atoms with E-state index in [2.05, 4.69) is 42.5 Å². The van der Waals surface area contributed by atoms with Crippen LogP contribution >= 0.6 is 31.9 Å². The number of rotatable bonds is 9. The van der Waals surface area contributed by atoms with Gasteiger partial charge in [-0.15, -0.1) is 0 Å². The maximum absolute atomic E-state index is 12.9. The number of hydrogen-bond acceptors (Lipinski definition) is 4. The Morgan fingerprint density at radius 3 is 2.37 bits per heavy atom. The van der Waals surface area contributed by atoms with Crippen molar-refractivity contribution in [1.29, 1.82) is 0 Å². The molecule has 2 aromatic carbocycles. The summed E-state index contributed by atoms with van der Waals surface area (Å²) < 4.78 is 14.4. The number of aliphatic hydroxyl groups excluding tert-OH is 2. The predicted octanol–water partition coefficient (Wildman–Crippen LogP) is 3.48. The van der Waals surface area contributed by atoms with E-state index in [9.17, 15) is 14.3 Å². The quantitative estimate of drug-likeness (QED) is 0.395. The van der Waals surface area contributed by atoms with Crippen LogP contribution in [0.15, 0.2) is 45.3 Å². The van der Waals surface area contributed by atoms with Crippen LogP contribution in [0, 0.1) is 5.82 Å². The van der Waals surface area contributed by atoms with E-state index in [1.54, 1.807) is 24.3 Å². The first kappa shape index (κ1) is 21.8. The molecule has 0 aromatic heterocycles. The lowest BCUT2D eigenvalue weighted by Gasteiger charge is -2.14. The Kier molecular flexibility index (Phi) is 8.69. The molecule has 0 radical (unpaired) electrons. The molecule has 2 aromatic rings. The molecule has 8 heteroatoms. The van der Waals surface area contributed by atoms with Crippen molar-refractivity contribution in [2.75, 3.05) is 25.0 Å². The van der Waals surface area contributed by atoms with E-state index in [0.717, 1.165) is 33.0 Å². The highest BCUT2D eigenvalue weighted by atomic mass is 79.9. The fourth-order valence-electron chi connectivity index (χ4n) is 2.41. The largest absolute Gasteiger partial charge is 0.394 e. The second-order valence-corrected chi connectivity index (χ2v) is 7.73. The van der Waals surface area contributed by atoms with E-state index >= 15 is 0 Å². The number of anilines is 1. The molecule has 1 unspecified atom stereocenters. The van der Waals surface area contributed by atoms with Crippen LogP contribution in [0.1, 0.15) is 22.3 Å². The second-order valence-electron chi connectivity index (χ2n) is 6.02. The fraction of sp³-hybridized carbons (Fsp3) is 0.316. The average molecular weight is 504 g/mol. The summed E-state index contributed by atoms with van der Waals surface area (Å²) in [4.78, 5) is 12.1. The molecule has 5 nitrogen and oxygen atoms in total. The smallest absolute Gasteiger partial charge is 0.251 e. The summed E-state index contributed by atoms with van der Waals surface area (Å²) in [5.41, 5.74) is 2.34. The lowest BCUT2D eigenvalue weighted by molar-refractivity contribution is 0.0802. The van der Waals surface area contributed by atoms with Crippen LogP contribution in [0.5, 0.6) is 0 Å². The van der Waals surface area contributed by atoms with Gasteiger partial charge in [0.15, 0.2) is 0 Å². The lowest BCUT2D eigenvalue weighted by atomic mass is 10.1. The summed E-state index contributed by atoms with van der Waals surface area (Å²) in [5, 5.41) is 24.0. The zero-order valence-corrected chi connectivity index (χ0v) is 17.7. The van der Waals surface area contributed by atoms with Gasteiger partial charge in [0.05, 0.1) is 18.4 Å². The number of amides is 1. The Balaban J connectivity index is 1.90. The van der Waals surface area contributed by atoms with E-state index < -0.39 is 12.7 Å².